The molecule has 0 aliphatic carbocycles. The molecule has 2 rings (SSSR count). The Morgan fingerprint density at radius 2 is 1.90 bits per heavy atom. The topological polar surface area (TPSA) is 56.3 Å². The second-order valence-electron chi connectivity index (χ2n) is 4.05. The lowest BCUT2D eigenvalue weighted by Crippen LogP contribution is -2.04. The van der Waals surface area contributed by atoms with Crippen molar-refractivity contribution in [2.24, 2.45) is 0 Å². The van der Waals surface area contributed by atoms with E-state index in [1.165, 1.54) is 0 Å². The van der Waals surface area contributed by atoms with E-state index in [0.29, 0.717) is 22.1 Å². The molecule has 0 unspecified atom stereocenters. The Hall–Kier alpha value is -1.82. The molecule has 0 amide bonds. The maximum absolute atomic E-state index is 5.74. The van der Waals surface area contributed by atoms with Gasteiger partial charge >= 0.3 is 0 Å². The van der Waals surface area contributed by atoms with Crippen LogP contribution in [0.15, 0.2) is 34.9 Å². The van der Waals surface area contributed by atoms with Crippen molar-refractivity contribution in [2.45, 2.75) is 13.3 Å². The van der Waals surface area contributed by atoms with Gasteiger partial charge < -0.3 is 14.8 Å². The first-order chi connectivity index (χ1) is 9.72. The van der Waals surface area contributed by atoms with Gasteiger partial charge in [-0.1, -0.05) is 6.92 Å². The zero-order valence-corrected chi connectivity index (χ0v) is 13.0. The summed E-state index contributed by atoms with van der Waals surface area (Å²) in [5, 5.41) is 3.12. The highest BCUT2D eigenvalue weighted by Gasteiger charge is 2.07. The van der Waals surface area contributed by atoms with Crippen LogP contribution in [0.1, 0.15) is 13.3 Å². The quantitative estimate of drug-likeness (QED) is 0.867. The number of nitrogens with zero attached hydrogens (tertiary/aromatic N) is 2. The van der Waals surface area contributed by atoms with Crippen LogP contribution in [0.4, 0.5) is 5.95 Å². The first-order valence-corrected chi connectivity index (χ1v) is 7.10. The monoisotopic (exact) mass is 337 g/mol. The van der Waals surface area contributed by atoms with E-state index in [-0.39, 0.29) is 0 Å². The lowest BCUT2D eigenvalue weighted by atomic mass is 10.3. The van der Waals surface area contributed by atoms with E-state index in [4.69, 9.17) is 9.47 Å². The van der Waals surface area contributed by atoms with Gasteiger partial charge in [-0.15, -0.1) is 0 Å². The van der Waals surface area contributed by atoms with Gasteiger partial charge in [0.05, 0.1) is 17.8 Å². The molecule has 1 N–H and O–H groups in total. The number of rotatable bonds is 6. The summed E-state index contributed by atoms with van der Waals surface area (Å²) >= 11 is 3.38. The molecule has 1 heterocycles. The summed E-state index contributed by atoms with van der Waals surface area (Å²) in [5.41, 5.74) is 0. The summed E-state index contributed by atoms with van der Waals surface area (Å²) < 4.78 is 11.5. The van der Waals surface area contributed by atoms with Gasteiger partial charge in [-0.25, -0.2) is 4.98 Å². The average molecular weight is 338 g/mol. The molecule has 0 bridgehead atoms. The smallest absolute Gasteiger partial charge is 0.238 e. The Labute approximate surface area is 126 Å². The first-order valence-electron chi connectivity index (χ1n) is 6.31. The van der Waals surface area contributed by atoms with E-state index in [9.17, 15) is 0 Å². The predicted molar refractivity (Wildman–Crippen MR) is 81.6 cm³/mol. The third kappa shape index (κ3) is 3.84. The molecular formula is C14H16BrN3O2. The van der Waals surface area contributed by atoms with Gasteiger partial charge in [0.2, 0.25) is 11.8 Å². The van der Waals surface area contributed by atoms with Crippen molar-refractivity contribution in [3.63, 3.8) is 0 Å². The van der Waals surface area contributed by atoms with Crippen LogP contribution in [0.2, 0.25) is 0 Å². The molecule has 0 saturated heterocycles. The minimum atomic E-state index is 0.476. The zero-order valence-electron chi connectivity index (χ0n) is 11.4. The normalized spacial score (nSPS) is 10.2. The maximum Gasteiger partial charge on any atom is 0.238 e. The highest BCUT2D eigenvalue weighted by atomic mass is 79.9. The Morgan fingerprint density at radius 3 is 2.55 bits per heavy atom. The number of nitrogens with one attached hydrogen (secondary N) is 1. The largest absolute Gasteiger partial charge is 0.497 e. The summed E-state index contributed by atoms with van der Waals surface area (Å²) in [7, 11) is 1.63. The van der Waals surface area contributed by atoms with Gasteiger partial charge in [0, 0.05) is 6.54 Å². The van der Waals surface area contributed by atoms with Gasteiger partial charge in [0.1, 0.15) is 11.5 Å². The summed E-state index contributed by atoms with van der Waals surface area (Å²) in [6, 6.07) is 7.32. The number of hydrogen-bond donors (Lipinski definition) is 1. The fraction of sp³-hybridized carbons (Fsp3) is 0.286. The first kappa shape index (κ1) is 14.6. The Morgan fingerprint density at radius 1 is 1.20 bits per heavy atom. The van der Waals surface area contributed by atoms with E-state index in [1.807, 2.05) is 24.3 Å². The molecule has 106 valence electrons. The van der Waals surface area contributed by atoms with Crippen molar-refractivity contribution in [1.29, 1.82) is 0 Å². The number of aromatic nitrogens is 2. The fourth-order valence-electron chi connectivity index (χ4n) is 1.50. The van der Waals surface area contributed by atoms with Crippen LogP contribution in [-0.4, -0.2) is 23.6 Å². The second kappa shape index (κ2) is 7.09. The van der Waals surface area contributed by atoms with Crippen LogP contribution in [0.25, 0.3) is 0 Å². The molecule has 0 atom stereocenters. The van der Waals surface area contributed by atoms with E-state index >= 15 is 0 Å². The predicted octanol–water partition coefficient (Wildman–Crippen LogP) is 3.86. The summed E-state index contributed by atoms with van der Waals surface area (Å²) in [5.74, 6) is 2.50. The van der Waals surface area contributed by atoms with Crippen molar-refractivity contribution in [2.75, 3.05) is 19.0 Å². The molecular weight excluding hydrogens is 322 g/mol. The van der Waals surface area contributed by atoms with Crippen molar-refractivity contribution in [3.05, 3.63) is 34.9 Å². The minimum Gasteiger partial charge on any atom is -0.497 e. The molecule has 2 aromatic rings. The third-order valence-corrected chi connectivity index (χ3v) is 3.06. The molecule has 0 spiro atoms. The van der Waals surface area contributed by atoms with Crippen molar-refractivity contribution in [1.82, 2.24) is 9.97 Å². The van der Waals surface area contributed by atoms with E-state index in [1.54, 1.807) is 13.3 Å². The minimum absolute atomic E-state index is 0.476. The highest BCUT2D eigenvalue weighted by molar-refractivity contribution is 9.10. The number of methoxy groups -OCH3 is 1. The number of ether oxygens (including phenoxy) is 2. The Kier molecular flexibility index (Phi) is 5.17. The molecule has 1 aromatic heterocycles. The van der Waals surface area contributed by atoms with Crippen LogP contribution in [-0.2, 0) is 0 Å². The number of halogens is 1. The molecule has 0 radical (unpaired) electrons. The van der Waals surface area contributed by atoms with Crippen LogP contribution in [0, 0.1) is 0 Å². The van der Waals surface area contributed by atoms with Crippen molar-refractivity contribution in [3.8, 4) is 17.4 Å². The molecule has 6 heteroatoms. The number of benzene rings is 1. The van der Waals surface area contributed by atoms with E-state index in [0.717, 1.165) is 18.7 Å². The summed E-state index contributed by atoms with van der Waals surface area (Å²) in [6.45, 7) is 2.91. The van der Waals surface area contributed by atoms with Gasteiger partial charge in [0.15, 0.2) is 0 Å². The van der Waals surface area contributed by atoms with Crippen molar-refractivity contribution < 1.29 is 9.47 Å². The third-order valence-electron chi connectivity index (χ3n) is 2.52. The Balaban J connectivity index is 2.14. The lowest BCUT2D eigenvalue weighted by molar-refractivity contribution is 0.412. The molecule has 0 aliphatic heterocycles. The van der Waals surface area contributed by atoms with Gasteiger partial charge in [-0.05, 0) is 46.6 Å². The van der Waals surface area contributed by atoms with Crippen LogP contribution in [0.5, 0.6) is 17.4 Å². The van der Waals surface area contributed by atoms with Gasteiger partial charge in [0.25, 0.3) is 0 Å². The van der Waals surface area contributed by atoms with Gasteiger partial charge in [-0.3, -0.25) is 0 Å². The second-order valence-corrected chi connectivity index (χ2v) is 4.91. The van der Waals surface area contributed by atoms with E-state index < -0.39 is 0 Å². The number of anilines is 1. The highest BCUT2D eigenvalue weighted by Crippen LogP contribution is 2.28. The SMILES string of the molecule is CCCNc1ncc(Br)c(Oc2ccc(OC)cc2)n1. The molecule has 1 aromatic carbocycles. The average Bonchev–Trinajstić information content (AvgIpc) is 2.49. The van der Waals surface area contributed by atoms with Gasteiger partial charge in [-0.2, -0.15) is 4.98 Å². The number of hydrogen-bond acceptors (Lipinski definition) is 5. The Bertz CT molecular complexity index is 561. The van der Waals surface area contributed by atoms with E-state index in [2.05, 4.69) is 38.1 Å². The standard InChI is InChI=1S/C14H16BrN3O2/c1-3-8-16-14-17-9-12(15)13(18-14)20-11-6-4-10(19-2)5-7-11/h4-7,9H,3,8H2,1-2H3,(H,16,17,18). The van der Waals surface area contributed by atoms with Crippen molar-refractivity contribution >= 4 is 21.9 Å². The molecule has 20 heavy (non-hydrogen) atoms. The van der Waals surface area contributed by atoms with Crippen LogP contribution < -0.4 is 14.8 Å². The molecule has 0 fully saturated rings. The zero-order chi connectivity index (χ0) is 14.4. The lowest BCUT2D eigenvalue weighted by Gasteiger charge is -2.09. The van der Waals surface area contributed by atoms with Crippen LogP contribution in [0.3, 0.4) is 0 Å². The molecule has 0 aliphatic rings. The summed E-state index contributed by atoms with van der Waals surface area (Å²) in [6.07, 6.45) is 2.68. The summed E-state index contributed by atoms with van der Waals surface area (Å²) in [4.78, 5) is 8.50. The molecule has 0 saturated carbocycles. The fourth-order valence-corrected chi connectivity index (χ4v) is 1.77. The van der Waals surface area contributed by atoms with Crippen LogP contribution >= 0.6 is 15.9 Å². The molecule has 5 nitrogen and oxygen atoms in total. The maximum atomic E-state index is 5.74.